The van der Waals surface area contributed by atoms with Crippen LogP contribution in [0.5, 0.6) is 0 Å². The molecule has 0 heterocycles. The monoisotopic (exact) mass is 200 g/mol. The molecule has 0 aliphatic carbocycles. The Balaban J connectivity index is 4.45. The third-order valence-electron chi connectivity index (χ3n) is 2.62. The van der Waals surface area contributed by atoms with Gasteiger partial charge in [-0.25, -0.2) is 0 Å². The van der Waals surface area contributed by atoms with Crippen molar-refractivity contribution in [2.45, 2.75) is 45.7 Å². The van der Waals surface area contributed by atoms with E-state index in [1.165, 1.54) is 0 Å². The maximum Gasteiger partial charge on any atom is 0.323 e. The molecule has 0 fully saturated rings. The van der Waals surface area contributed by atoms with Gasteiger partial charge in [0.05, 0.1) is 0 Å². The Kier molecular flexibility index (Phi) is 4.47. The first-order valence-corrected chi connectivity index (χ1v) is 5.85. The van der Waals surface area contributed by atoms with Crippen LogP contribution >= 0.6 is 0 Å². The van der Waals surface area contributed by atoms with Crippen LogP contribution in [0, 0.1) is 0 Å². The van der Waals surface area contributed by atoms with E-state index >= 15 is 0 Å². The Bertz CT molecular complexity index is 159. The number of rotatable bonds is 3. The van der Waals surface area contributed by atoms with Crippen molar-refractivity contribution in [3.63, 3.8) is 0 Å². The summed E-state index contributed by atoms with van der Waals surface area (Å²) in [6, 6.07) is 0. The quantitative estimate of drug-likeness (QED) is 0.627. The van der Waals surface area contributed by atoms with Crippen LogP contribution in [0.15, 0.2) is 0 Å². The van der Waals surface area contributed by atoms with E-state index in [0.29, 0.717) is 5.54 Å². The molecule has 0 aliphatic rings. The molecule has 0 spiro atoms. The zero-order valence-corrected chi connectivity index (χ0v) is 12.6. The summed E-state index contributed by atoms with van der Waals surface area (Å²) < 4.78 is 2.57. The van der Waals surface area contributed by atoms with Crippen molar-refractivity contribution < 1.29 is 0 Å². The Morgan fingerprint density at radius 3 is 1.62 bits per heavy atom. The van der Waals surface area contributed by atoms with Crippen molar-refractivity contribution >= 4 is 16.5 Å². The molecule has 78 valence electrons. The van der Waals surface area contributed by atoms with Gasteiger partial charge < -0.3 is 8.78 Å². The fourth-order valence-electron chi connectivity index (χ4n) is 1.79. The number of hydrogen-bond acceptors (Lipinski definition) is 2. The smallest absolute Gasteiger partial charge is 0.323 e. The third-order valence-corrected chi connectivity index (χ3v) is 5.17. The molecular formula is C10H25AlN2. The highest BCUT2D eigenvalue weighted by molar-refractivity contribution is 6.05. The van der Waals surface area contributed by atoms with Gasteiger partial charge in [0.15, 0.2) is 0 Å². The third kappa shape index (κ3) is 4.47. The fraction of sp³-hybridized carbons (Fsp3) is 1.00. The molecule has 0 aromatic carbocycles. The molecule has 0 rings (SSSR count). The van der Waals surface area contributed by atoms with E-state index in [1.54, 1.807) is 0 Å². The van der Waals surface area contributed by atoms with Crippen molar-refractivity contribution in [3.8, 4) is 0 Å². The van der Waals surface area contributed by atoms with Crippen LogP contribution < -0.4 is 0 Å². The van der Waals surface area contributed by atoms with Crippen molar-refractivity contribution in [1.82, 2.24) is 8.78 Å². The summed E-state index contributed by atoms with van der Waals surface area (Å²) in [6.45, 7) is 12.6. The van der Waals surface area contributed by atoms with E-state index in [-0.39, 0.29) is 5.54 Å². The zero-order valence-electron chi connectivity index (χ0n) is 10.6. The molecule has 0 N–H and O–H groups in total. The minimum Gasteiger partial charge on any atom is -0.380 e. The van der Waals surface area contributed by atoms with Crippen LogP contribution in [0.1, 0.15) is 34.6 Å². The lowest BCUT2D eigenvalue weighted by Gasteiger charge is -2.47. The first kappa shape index (κ1) is 13.5. The molecule has 0 saturated heterocycles. The van der Waals surface area contributed by atoms with E-state index in [9.17, 15) is 0 Å². The summed E-state index contributed by atoms with van der Waals surface area (Å²) in [5.41, 5.74) is 0.583. The van der Waals surface area contributed by atoms with Gasteiger partial charge in [-0.1, -0.05) is 0 Å². The minimum atomic E-state index is 0.286. The number of hydrogen-bond donors (Lipinski definition) is 0. The average molecular weight is 200 g/mol. The van der Waals surface area contributed by atoms with Crippen LogP contribution in [-0.4, -0.2) is 57.0 Å². The van der Waals surface area contributed by atoms with E-state index in [0.717, 1.165) is 23.1 Å². The molecule has 0 aliphatic heterocycles. The first-order chi connectivity index (χ1) is 5.57. The van der Waals surface area contributed by atoms with Gasteiger partial charge in [-0.15, -0.1) is 0 Å². The maximum atomic E-state index is 2.57. The topological polar surface area (TPSA) is 6.48 Å². The zero-order chi connectivity index (χ0) is 10.9. The van der Waals surface area contributed by atoms with Gasteiger partial charge in [0.2, 0.25) is 0 Å². The SMILES string of the molecule is CN(C)CC(C)(C)[N]([AlH2])C(C)(C)C. The van der Waals surface area contributed by atoms with E-state index < -0.39 is 0 Å². The maximum absolute atomic E-state index is 2.57. The van der Waals surface area contributed by atoms with Gasteiger partial charge in [0, 0.05) is 12.1 Å². The lowest BCUT2D eigenvalue weighted by atomic mass is 9.98. The van der Waals surface area contributed by atoms with Crippen molar-refractivity contribution in [1.29, 1.82) is 0 Å². The van der Waals surface area contributed by atoms with Gasteiger partial charge in [-0.3, -0.25) is 0 Å². The Morgan fingerprint density at radius 2 is 1.38 bits per heavy atom. The van der Waals surface area contributed by atoms with E-state index in [1.807, 2.05) is 0 Å². The first-order valence-electron chi connectivity index (χ1n) is 4.96. The summed E-state index contributed by atoms with van der Waals surface area (Å²) in [7, 11) is 4.28. The predicted octanol–water partition coefficient (Wildman–Crippen LogP) is 0.975. The normalized spacial score (nSPS) is 14.2. The molecule has 0 atom stereocenters. The lowest BCUT2D eigenvalue weighted by molar-refractivity contribution is 0.101. The molecule has 2 nitrogen and oxygen atoms in total. The molecule has 0 bridgehead atoms. The Labute approximate surface area is 91.9 Å². The Hall–Kier alpha value is 0.452. The molecule has 13 heavy (non-hydrogen) atoms. The van der Waals surface area contributed by atoms with E-state index in [2.05, 4.69) is 57.5 Å². The van der Waals surface area contributed by atoms with Gasteiger partial charge in [-0.2, -0.15) is 0 Å². The molecule has 0 saturated carbocycles. The summed E-state index contributed by atoms with van der Waals surface area (Å²) in [4.78, 5) is 2.26. The van der Waals surface area contributed by atoms with Crippen molar-refractivity contribution in [2.75, 3.05) is 20.6 Å². The summed E-state index contributed by atoms with van der Waals surface area (Å²) >= 11 is 1.12. The summed E-state index contributed by atoms with van der Waals surface area (Å²) in [5, 5.41) is 0. The number of nitrogens with zero attached hydrogens (tertiary/aromatic N) is 2. The second-order valence-electron chi connectivity index (χ2n) is 5.78. The molecule has 0 amide bonds. The predicted molar refractivity (Wildman–Crippen MR) is 62.8 cm³/mol. The van der Waals surface area contributed by atoms with Crippen LogP contribution in [0.4, 0.5) is 0 Å². The molecule has 0 aromatic rings. The van der Waals surface area contributed by atoms with Crippen LogP contribution in [0.3, 0.4) is 0 Å². The molecular weight excluding hydrogens is 175 g/mol. The molecule has 0 aromatic heterocycles. The highest BCUT2D eigenvalue weighted by atomic mass is 27.1. The van der Waals surface area contributed by atoms with Gasteiger partial charge >= 0.3 is 16.5 Å². The van der Waals surface area contributed by atoms with Gasteiger partial charge in [0.1, 0.15) is 0 Å². The van der Waals surface area contributed by atoms with Gasteiger partial charge in [-0.05, 0) is 54.3 Å². The second-order valence-corrected chi connectivity index (χ2v) is 6.67. The molecule has 0 radical (unpaired) electrons. The highest BCUT2D eigenvalue weighted by Gasteiger charge is 2.30. The minimum absolute atomic E-state index is 0.286. The highest BCUT2D eigenvalue weighted by Crippen LogP contribution is 2.22. The second kappa shape index (κ2) is 4.32. The van der Waals surface area contributed by atoms with Crippen molar-refractivity contribution in [2.24, 2.45) is 0 Å². The van der Waals surface area contributed by atoms with Crippen LogP contribution in [0.25, 0.3) is 0 Å². The standard InChI is InChI=1S/C10H23N2.Al.2H/c1-9(2,3)11-10(4,5)8-12(6)7;;;/h8H2,1-7H3;;;/q-1;+1;;. The van der Waals surface area contributed by atoms with Crippen LogP contribution in [-0.2, 0) is 0 Å². The summed E-state index contributed by atoms with van der Waals surface area (Å²) in [6.07, 6.45) is 0. The van der Waals surface area contributed by atoms with E-state index in [4.69, 9.17) is 0 Å². The lowest BCUT2D eigenvalue weighted by Crippen LogP contribution is -2.56. The number of likely N-dealkylation sites (N-methyl/N-ethyl adjacent to an activating group) is 1. The average Bonchev–Trinajstić information content (AvgIpc) is 1.80. The molecule has 0 unspecified atom stereocenters. The molecule has 3 heteroatoms. The largest absolute Gasteiger partial charge is 0.380 e. The summed E-state index contributed by atoms with van der Waals surface area (Å²) in [5.74, 6) is 0. The fourth-order valence-corrected chi connectivity index (χ4v) is 1.93. The van der Waals surface area contributed by atoms with Crippen LogP contribution in [0.2, 0.25) is 0 Å². The van der Waals surface area contributed by atoms with Gasteiger partial charge in [0.25, 0.3) is 0 Å². The van der Waals surface area contributed by atoms with Crippen molar-refractivity contribution in [3.05, 3.63) is 0 Å². The Morgan fingerprint density at radius 1 is 1.00 bits per heavy atom.